The summed E-state index contributed by atoms with van der Waals surface area (Å²) in [5.41, 5.74) is 2.24. The molecule has 0 N–H and O–H groups in total. The number of thiophene rings is 1. The van der Waals surface area contributed by atoms with Crippen molar-refractivity contribution in [2.75, 3.05) is 46.9 Å². The van der Waals surface area contributed by atoms with Crippen molar-refractivity contribution in [2.45, 2.75) is 13.5 Å². The third kappa shape index (κ3) is 4.91. The van der Waals surface area contributed by atoms with Gasteiger partial charge in [0.2, 0.25) is 5.91 Å². The summed E-state index contributed by atoms with van der Waals surface area (Å²) in [5, 5.41) is 1.91. The topological polar surface area (TPSA) is 53.1 Å². The summed E-state index contributed by atoms with van der Waals surface area (Å²) < 4.78 is 5.30. The molecule has 150 valence electrons. The van der Waals surface area contributed by atoms with E-state index in [1.54, 1.807) is 7.11 Å². The van der Waals surface area contributed by atoms with Crippen molar-refractivity contribution >= 4 is 23.2 Å². The van der Waals surface area contributed by atoms with Gasteiger partial charge in [0.15, 0.2) is 0 Å². The van der Waals surface area contributed by atoms with Crippen molar-refractivity contribution in [1.82, 2.24) is 14.7 Å². The highest BCUT2D eigenvalue weighted by Crippen LogP contribution is 2.19. The van der Waals surface area contributed by atoms with Gasteiger partial charge in [-0.3, -0.25) is 14.5 Å². The average Bonchev–Trinajstić information content (AvgIpc) is 3.22. The number of likely N-dealkylation sites (N-methyl/N-ethyl adjacent to an activating group) is 1. The van der Waals surface area contributed by atoms with Crippen LogP contribution in [-0.2, 0) is 11.3 Å². The number of piperazine rings is 1. The number of hydrogen-bond donors (Lipinski definition) is 0. The minimum Gasteiger partial charge on any atom is -0.496 e. The average molecular weight is 402 g/mol. The molecule has 6 nitrogen and oxygen atoms in total. The number of hydrogen-bond acceptors (Lipinski definition) is 5. The molecule has 7 heteroatoms. The van der Waals surface area contributed by atoms with E-state index in [0.29, 0.717) is 39.3 Å². The number of amides is 2. The molecule has 0 atom stereocenters. The van der Waals surface area contributed by atoms with E-state index >= 15 is 0 Å². The second kappa shape index (κ2) is 9.21. The molecule has 0 spiro atoms. The molecule has 0 saturated carbocycles. The van der Waals surface area contributed by atoms with Crippen LogP contribution in [0.15, 0.2) is 35.7 Å². The van der Waals surface area contributed by atoms with Crippen LogP contribution in [0.25, 0.3) is 0 Å². The molecule has 1 aromatic carbocycles. The summed E-state index contributed by atoms with van der Waals surface area (Å²) in [4.78, 5) is 31.5. The van der Waals surface area contributed by atoms with Gasteiger partial charge in [0, 0.05) is 32.7 Å². The zero-order chi connectivity index (χ0) is 20.1. The van der Waals surface area contributed by atoms with E-state index in [0.717, 1.165) is 21.8 Å². The SMILES string of the molecule is COc1ccc(CN(C)CC(=O)N2CCN(C(=O)c3cccs3)CC2)cc1C. The first-order valence-electron chi connectivity index (χ1n) is 9.40. The van der Waals surface area contributed by atoms with Crippen LogP contribution in [0.3, 0.4) is 0 Å². The third-order valence-corrected chi connectivity index (χ3v) is 5.83. The van der Waals surface area contributed by atoms with Crippen LogP contribution in [0.2, 0.25) is 0 Å². The monoisotopic (exact) mass is 401 g/mol. The van der Waals surface area contributed by atoms with Crippen molar-refractivity contribution in [3.05, 3.63) is 51.7 Å². The summed E-state index contributed by atoms with van der Waals surface area (Å²) >= 11 is 1.46. The number of nitrogens with zero attached hydrogens (tertiary/aromatic N) is 3. The van der Waals surface area contributed by atoms with Crippen LogP contribution < -0.4 is 4.74 Å². The van der Waals surface area contributed by atoms with Gasteiger partial charge in [-0.1, -0.05) is 18.2 Å². The van der Waals surface area contributed by atoms with Gasteiger partial charge in [0.05, 0.1) is 18.5 Å². The standard InChI is InChI=1S/C21H27N3O3S/c1-16-13-17(6-7-18(16)27-3)14-22(2)15-20(25)23-8-10-24(11-9-23)21(26)19-5-4-12-28-19/h4-7,12-13H,8-11,14-15H2,1-3H3. The van der Waals surface area contributed by atoms with Crippen molar-refractivity contribution in [1.29, 1.82) is 0 Å². The van der Waals surface area contributed by atoms with E-state index in [1.165, 1.54) is 11.3 Å². The lowest BCUT2D eigenvalue weighted by Crippen LogP contribution is -2.52. The van der Waals surface area contributed by atoms with Gasteiger partial charge in [-0.25, -0.2) is 0 Å². The fraction of sp³-hybridized carbons (Fsp3) is 0.429. The predicted molar refractivity (Wildman–Crippen MR) is 111 cm³/mol. The van der Waals surface area contributed by atoms with Gasteiger partial charge in [0.1, 0.15) is 5.75 Å². The molecular weight excluding hydrogens is 374 g/mol. The number of benzene rings is 1. The third-order valence-electron chi connectivity index (χ3n) is 4.97. The zero-order valence-corrected chi connectivity index (χ0v) is 17.5. The predicted octanol–water partition coefficient (Wildman–Crippen LogP) is 2.48. The van der Waals surface area contributed by atoms with Gasteiger partial charge >= 0.3 is 0 Å². The first kappa shape index (κ1) is 20.4. The Morgan fingerprint density at radius 3 is 2.46 bits per heavy atom. The zero-order valence-electron chi connectivity index (χ0n) is 16.7. The summed E-state index contributed by atoms with van der Waals surface area (Å²) in [6.07, 6.45) is 0. The Hall–Kier alpha value is -2.38. The maximum absolute atomic E-state index is 12.6. The maximum atomic E-state index is 12.6. The Morgan fingerprint density at radius 2 is 1.86 bits per heavy atom. The van der Waals surface area contributed by atoms with Crippen molar-refractivity contribution in [2.24, 2.45) is 0 Å². The Morgan fingerprint density at radius 1 is 1.14 bits per heavy atom. The number of rotatable bonds is 6. The van der Waals surface area contributed by atoms with Crippen LogP contribution in [0.5, 0.6) is 5.75 Å². The number of methoxy groups -OCH3 is 1. The van der Waals surface area contributed by atoms with E-state index in [9.17, 15) is 9.59 Å². The summed E-state index contributed by atoms with van der Waals surface area (Å²) in [6, 6.07) is 9.82. The lowest BCUT2D eigenvalue weighted by atomic mass is 10.1. The van der Waals surface area contributed by atoms with Gasteiger partial charge in [0.25, 0.3) is 5.91 Å². The molecule has 1 aliphatic rings. The molecule has 28 heavy (non-hydrogen) atoms. The molecule has 1 aliphatic heterocycles. The lowest BCUT2D eigenvalue weighted by Gasteiger charge is -2.35. The molecule has 3 rings (SSSR count). The van der Waals surface area contributed by atoms with Crippen LogP contribution >= 0.6 is 11.3 Å². The van der Waals surface area contributed by atoms with Gasteiger partial charge in [-0.15, -0.1) is 11.3 Å². The molecule has 0 radical (unpaired) electrons. The lowest BCUT2D eigenvalue weighted by molar-refractivity contribution is -0.133. The molecule has 2 aromatic rings. The second-order valence-corrected chi connectivity index (χ2v) is 8.07. The van der Waals surface area contributed by atoms with E-state index in [4.69, 9.17) is 4.74 Å². The quantitative estimate of drug-likeness (QED) is 0.746. The smallest absolute Gasteiger partial charge is 0.264 e. The number of ether oxygens (including phenoxy) is 1. The Balaban J connectivity index is 1.47. The number of aryl methyl sites for hydroxylation is 1. The van der Waals surface area contributed by atoms with Crippen molar-refractivity contribution in [3.63, 3.8) is 0 Å². The summed E-state index contributed by atoms with van der Waals surface area (Å²) in [5.74, 6) is 1.04. The summed E-state index contributed by atoms with van der Waals surface area (Å²) in [7, 11) is 3.62. The molecule has 1 fully saturated rings. The Labute approximate surface area is 170 Å². The van der Waals surface area contributed by atoms with Crippen molar-refractivity contribution in [3.8, 4) is 5.75 Å². The van der Waals surface area contributed by atoms with Crippen molar-refractivity contribution < 1.29 is 14.3 Å². The van der Waals surface area contributed by atoms with Crippen LogP contribution in [-0.4, -0.2) is 73.4 Å². The Bertz CT molecular complexity index is 814. The van der Waals surface area contributed by atoms with E-state index in [-0.39, 0.29) is 11.8 Å². The van der Waals surface area contributed by atoms with E-state index < -0.39 is 0 Å². The Kier molecular flexibility index (Phi) is 6.70. The first-order valence-corrected chi connectivity index (χ1v) is 10.3. The minimum atomic E-state index is 0.0640. The molecule has 1 aromatic heterocycles. The molecule has 0 unspecified atom stereocenters. The minimum absolute atomic E-state index is 0.0640. The van der Waals surface area contributed by atoms with Gasteiger partial charge in [-0.2, -0.15) is 0 Å². The largest absolute Gasteiger partial charge is 0.496 e. The fourth-order valence-electron chi connectivity index (χ4n) is 3.45. The molecule has 0 aliphatic carbocycles. The molecular formula is C21H27N3O3S. The highest BCUT2D eigenvalue weighted by atomic mass is 32.1. The highest BCUT2D eigenvalue weighted by molar-refractivity contribution is 7.12. The van der Waals surface area contributed by atoms with Crippen LogP contribution in [0, 0.1) is 6.92 Å². The molecule has 1 saturated heterocycles. The molecule has 2 heterocycles. The molecule has 0 bridgehead atoms. The number of carbonyl (C=O) groups excluding carboxylic acids is 2. The fourth-order valence-corrected chi connectivity index (χ4v) is 4.14. The summed E-state index contributed by atoms with van der Waals surface area (Å²) in [6.45, 7) is 5.44. The number of carbonyl (C=O) groups is 2. The highest BCUT2D eigenvalue weighted by Gasteiger charge is 2.25. The van der Waals surface area contributed by atoms with Crippen LogP contribution in [0.1, 0.15) is 20.8 Å². The second-order valence-electron chi connectivity index (χ2n) is 7.13. The van der Waals surface area contributed by atoms with E-state index in [1.807, 2.05) is 58.3 Å². The first-order chi connectivity index (χ1) is 13.5. The maximum Gasteiger partial charge on any atom is 0.264 e. The molecule has 2 amide bonds. The van der Waals surface area contributed by atoms with Gasteiger partial charge < -0.3 is 14.5 Å². The van der Waals surface area contributed by atoms with E-state index in [2.05, 4.69) is 6.07 Å². The van der Waals surface area contributed by atoms with Crippen LogP contribution in [0.4, 0.5) is 0 Å². The van der Waals surface area contributed by atoms with Gasteiger partial charge in [-0.05, 0) is 42.6 Å². The normalized spacial score (nSPS) is 14.4.